The summed E-state index contributed by atoms with van der Waals surface area (Å²) in [5, 5.41) is 5.77. The second kappa shape index (κ2) is 8.44. The summed E-state index contributed by atoms with van der Waals surface area (Å²) in [4.78, 5) is 17.3. The third kappa shape index (κ3) is 4.34. The van der Waals surface area contributed by atoms with Crippen LogP contribution in [0.4, 0.5) is 5.69 Å². The number of amides is 1. The van der Waals surface area contributed by atoms with Gasteiger partial charge in [0.05, 0.1) is 0 Å². The van der Waals surface area contributed by atoms with E-state index in [9.17, 15) is 4.79 Å². The molecule has 0 radical (unpaired) electrons. The highest BCUT2D eigenvalue weighted by molar-refractivity contribution is 5.88. The van der Waals surface area contributed by atoms with Gasteiger partial charge in [0.2, 0.25) is 5.91 Å². The first-order chi connectivity index (χ1) is 13.7. The van der Waals surface area contributed by atoms with Crippen molar-refractivity contribution in [3.05, 3.63) is 78.4 Å². The van der Waals surface area contributed by atoms with Crippen molar-refractivity contribution < 1.29 is 4.79 Å². The van der Waals surface area contributed by atoms with Gasteiger partial charge < -0.3 is 10.2 Å². The van der Waals surface area contributed by atoms with E-state index in [0.717, 1.165) is 38.4 Å². The predicted octanol–water partition coefficient (Wildman–Crippen LogP) is 3.98. The van der Waals surface area contributed by atoms with Gasteiger partial charge in [0, 0.05) is 38.4 Å². The van der Waals surface area contributed by atoms with Gasteiger partial charge in [-0.1, -0.05) is 60.7 Å². The molecule has 144 valence electrons. The zero-order valence-corrected chi connectivity index (χ0v) is 16.3. The van der Waals surface area contributed by atoms with E-state index in [2.05, 4.69) is 58.7 Å². The lowest BCUT2D eigenvalue weighted by Gasteiger charge is -2.36. The van der Waals surface area contributed by atoms with Crippen molar-refractivity contribution in [3.8, 4) is 0 Å². The van der Waals surface area contributed by atoms with Crippen LogP contribution in [0.3, 0.4) is 0 Å². The van der Waals surface area contributed by atoms with Crippen molar-refractivity contribution >= 4 is 22.4 Å². The Morgan fingerprint density at radius 1 is 0.893 bits per heavy atom. The maximum atomic E-state index is 12.9. The molecule has 1 atom stereocenters. The third-order valence-electron chi connectivity index (χ3n) is 5.44. The van der Waals surface area contributed by atoms with E-state index in [1.165, 1.54) is 16.3 Å². The molecule has 0 spiro atoms. The van der Waals surface area contributed by atoms with Crippen LogP contribution in [0.1, 0.15) is 12.5 Å². The van der Waals surface area contributed by atoms with Gasteiger partial charge in [-0.15, -0.1) is 0 Å². The molecular weight excluding hydrogens is 346 g/mol. The van der Waals surface area contributed by atoms with E-state index in [-0.39, 0.29) is 11.9 Å². The summed E-state index contributed by atoms with van der Waals surface area (Å²) in [5.41, 5.74) is 2.32. The summed E-state index contributed by atoms with van der Waals surface area (Å²) in [6.45, 7) is 6.32. The molecule has 1 aliphatic heterocycles. The number of hydrogen-bond donors (Lipinski definition) is 1. The van der Waals surface area contributed by atoms with Gasteiger partial charge in [0.15, 0.2) is 0 Å². The minimum atomic E-state index is -0.234. The largest absolute Gasteiger partial charge is 0.374 e. The molecule has 1 saturated heterocycles. The molecule has 1 aliphatic rings. The number of carbonyl (C=O) groups is 1. The van der Waals surface area contributed by atoms with Crippen molar-refractivity contribution in [3.63, 3.8) is 0 Å². The van der Waals surface area contributed by atoms with Crippen LogP contribution in [0.15, 0.2) is 72.8 Å². The topological polar surface area (TPSA) is 35.6 Å². The summed E-state index contributed by atoms with van der Waals surface area (Å²) in [6, 6.07) is 24.8. The molecule has 0 unspecified atom stereocenters. The summed E-state index contributed by atoms with van der Waals surface area (Å²) in [6.07, 6.45) is 0. The number of benzene rings is 3. The van der Waals surface area contributed by atoms with Crippen LogP contribution >= 0.6 is 0 Å². The van der Waals surface area contributed by atoms with Crippen molar-refractivity contribution in [2.24, 2.45) is 0 Å². The number of anilines is 1. The molecule has 3 aromatic rings. The number of fused-ring (bicyclic) bond motifs is 1. The molecule has 1 fully saturated rings. The second-order valence-electron chi connectivity index (χ2n) is 7.51. The lowest BCUT2D eigenvalue weighted by atomic mass is 10.1. The normalized spacial score (nSPS) is 16.1. The van der Waals surface area contributed by atoms with Gasteiger partial charge in [-0.05, 0) is 35.4 Å². The van der Waals surface area contributed by atoms with Crippen LogP contribution < -0.4 is 5.32 Å². The van der Waals surface area contributed by atoms with E-state index in [1.807, 2.05) is 36.1 Å². The smallest absolute Gasteiger partial charge is 0.244 e. The average molecular weight is 374 g/mol. The fraction of sp³-hybridized carbons (Fsp3) is 0.292. The quantitative estimate of drug-likeness (QED) is 0.735. The van der Waals surface area contributed by atoms with Crippen LogP contribution in [-0.4, -0.2) is 47.9 Å². The highest BCUT2D eigenvalue weighted by Crippen LogP contribution is 2.20. The lowest BCUT2D eigenvalue weighted by Crippen LogP contribution is -2.51. The van der Waals surface area contributed by atoms with Gasteiger partial charge in [-0.25, -0.2) is 0 Å². The Hall–Kier alpha value is -2.85. The molecule has 3 aromatic carbocycles. The van der Waals surface area contributed by atoms with Gasteiger partial charge in [0.1, 0.15) is 6.04 Å². The molecule has 0 aromatic heterocycles. The Morgan fingerprint density at radius 2 is 1.57 bits per heavy atom. The molecule has 1 N–H and O–H groups in total. The molecule has 1 heterocycles. The lowest BCUT2D eigenvalue weighted by molar-refractivity contribution is -0.133. The standard InChI is InChI=1S/C24H27N3O/c1-19(25-23-12-11-21-9-5-6-10-22(21)17-23)24(28)27-15-13-26(14-16-27)18-20-7-3-2-4-8-20/h2-12,17,19,25H,13-16,18H2,1H3/t19-/m1/s1. The summed E-state index contributed by atoms with van der Waals surface area (Å²) in [5.74, 6) is 0.174. The molecule has 4 nitrogen and oxygen atoms in total. The van der Waals surface area contributed by atoms with E-state index in [1.54, 1.807) is 0 Å². The number of carbonyl (C=O) groups excluding carboxylic acids is 1. The fourth-order valence-electron chi connectivity index (χ4n) is 3.83. The molecular formula is C24H27N3O. The van der Waals surface area contributed by atoms with Crippen molar-refractivity contribution in [1.82, 2.24) is 9.80 Å². The van der Waals surface area contributed by atoms with E-state index >= 15 is 0 Å². The highest BCUT2D eigenvalue weighted by Gasteiger charge is 2.24. The number of nitrogens with zero attached hydrogens (tertiary/aromatic N) is 2. The van der Waals surface area contributed by atoms with E-state index in [0.29, 0.717) is 0 Å². The summed E-state index contributed by atoms with van der Waals surface area (Å²) in [7, 11) is 0. The van der Waals surface area contributed by atoms with Gasteiger partial charge >= 0.3 is 0 Å². The Labute approximate surface area is 166 Å². The number of nitrogens with one attached hydrogen (secondary N) is 1. The fourth-order valence-corrected chi connectivity index (χ4v) is 3.83. The van der Waals surface area contributed by atoms with Gasteiger partial charge in [0.25, 0.3) is 0 Å². The molecule has 28 heavy (non-hydrogen) atoms. The maximum absolute atomic E-state index is 12.9. The molecule has 0 aliphatic carbocycles. The first-order valence-corrected chi connectivity index (χ1v) is 9.99. The van der Waals surface area contributed by atoms with Gasteiger partial charge in [-0.2, -0.15) is 0 Å². The Bertz CT molecular complexity index is 933. The zero-order valence-electron chi connectivity index (χ0n) is 16.3. The Kier molecular flexibility index (Phi) is 5.58. The zero-order chi connectivity index (χ0) is 19.3. The molecule has 0 saturated carbocycles. The molecule has 4 rings (SSSR count). The van der Waals surface area contributed by atoms with Crippen LogP contribution in [0.2, 0.25) is 0 Å². The number of rotatable bonds is 5. The first kappa shape index (κ1) is 18.5. The van der Waals surface area contributed by atoms with Crippen molar-refractivity contribution in [1.29, 1.82) is 0 Å². The SMILES string of the molecule is C[C@@H](Nc1ccc2ccccc2c1)C(=O)N1CCN(Cc2ccccc2)CC1. The van der Waals surface area contributed by atoms with Gasteiger partial charge in [-0.3, -0.25) is 9.69 Å². The Balaban J connectivity index is 1.31. The second-order valence-corrected chi connectivity index (χ2v) is 7.51. The minimum Gasteiger partial charge on any atom is -0.374 e. The van der Waals surface area contributed by atoms with Crippen molar-refractivity contribution in [2.75, 3.05) is 31.5 Å². The highest BCUT2D eigenvalue weighted by atomic mass is 16.2. The van der Waals surface area contributed by atoms with Crippen LogP contribution in [0.25, 0.3) is 10.8 Å². The van der Waals surface area contributed by atoms with E-state index < -0.39 is 0 Å². The van der Waals surface area contributed by atoms with Crippen LogP contribution in [-0.2, 0) is 11.3 Å². The number of piperazine rings is 1. The molecule has 0 bridgehead atoms. The van der Waals surface area contributed by atoms with Crippen LogP contribution in [0.5, 0.6) is 0 Å². The van der Waals surface area contributed by atoms with Crippen molar-refractivity contribution in [2.45, 2.75) is 19.5 Å². The first-order valence-electron chi connectivity index (χ1n) is 9.99. The third-order valence-corrected chi connectivity index (χ3v) is 5.44. The molecule has 4 heteroatoms. The van der Waals surface area contributed by atoms with E-state index in [4.69, 9.17) is 0 Å². The predicted molar refractivity (Wildman–Crippen MR) is 115 cm³/mol. The minimum absolute atomic E-state index is 0.174. The van der Waals surface area contributed by atoms with Crippen LogP contribution in [0, 0.1) is 0 Å². The summed E-state index contributed by atoms with van der Waals surface area (Å²) < 4.78 is 0. The Morgan fingerprint density at radius 3 is 2.32 bits per heavy atom. The summed E-state index contributed by atoms with van der Waals surface area (Å²) >= 11 is 0. The molecule has 1 amide bonds. The number of hydrogen-bond acceptors (Lipinski definition) is 3. The monoisotopic (exact) mass is 373 g/mol. The average Bonchev–Trinajstić information content (AvgIpc) is 2.74. The maximum Gasteiger partial charge on any atom is 0.244 e.